The topological polar surface area (TPSA) is 79.9 Å². The highest BCUT2D eigenvalue weighted by molar-refractivity contribution is 6.07. The third-order valence-electron chi connectivity index (χ3n) is 7.46. The van der Waals surface area contributed by atoms with Gasteiger partial charge in [-0.05, 0) is 49.1 Å². The van der Waals surface area contributed by atoms with E-state index in [0.29, 0.717) is 12.1 Å². The number of amides is 3. The molecule has 2 saturated heterocycles. The van der Waals surface area contributed by atoms with Gasteiger partial charge < -0.3 is 20.1 Å². The molecule has 0 radical (unpaired) electrons. The van der Waals surface area contributed by atoms with Crippen LogP contribution in [0, 0.1) is 0 Å². The molecule has 13 heteroatoms. The molecule has 3 amide bonds. The second-order valence-electron chi connectivity index (χ2n) is 10.1. The SMILES string of the molecule is COCCN1C(=O)N[C@]2(CC[C@@](CO[C@H](C)c3cc(C(F)(F)F)cc(C(F)(F)F)c3)(c3ccccc3)NC2)C1=O. The Hall–Kier alpha value is -3.16. The quantitative estimate of drug-likeness (QED) is 0.343. The Bertz CT molecular complexity index is 1190. The lowest BCUT2D eigenvalue weighted by Crippen LogP contribution is -2.64. The fraction of sp³-hybridized carbons (Fsp3) is 0.481. The predicted octanol–water partition coefficient (Wildman–Crippen LogP) is 5.02. The summed E-state index contributed by atoms with van der Waals surface area (Å²) in [4.78, 5) is 26.7. The summed E-state index contributed by atoms with van der Waals surface area (Å²) in [5.74, 6) is -0.401. The number of benzene rings is 2. The second-order valence-corrected chi connectivity index (χ2v) is 10.1. The van der Waals surface area contributed by atoms with E-state index in [4.69, 9.17) is 9.47 Å². The normalized spacial score (nSPS) is 24.4. The van der Waals surface area contributed by atoms with E-state index in [1.807, 2.05) is 12.1 Å². The van der Waals surface area contributed by atoms with Crippen LogP contribution in [0.25, 0.3) is 0 Å². The first kappa shape index (κ1) is 29.8. The molecule has 3 atom stereocenters. The van der Waals surface area contributed by atoms with E-state index >= 15 is 0 Å². The Labute approximate surface area is 226 Å². The molecule has 2 heterocycles. The number of alkyl halides is 6. The van der Waals surface area contributed by atoms with Gasteiger partial charge in [0.2, 0.25) is 0 Å². The molecule has 0 unspecified atom stereocenters. The van der Waals surface area contributed by atoms with Crippen molar-refractivity contribution in [2.24, 2.45) is 0 Å². The molecular weight excluding hydrogens is 544 g/mol. The van der Waals surface area contributed by atoms with Crippen LogP contribution in [0.2, 0.25) is 0 Å². The summed E-state index contributed by atoms with van der Waals surface area (Å²) in [6.07, 6.45) is -10.6. The summed E-state index contributed by atoms with van der Waals surface area (Å²) in [6, 6.07) is 9.82. The van der Waals surface area contributed by atoms with Gasteiger partial charge >= 0.3 is 18.4 Å². The summed E-state index contributed by atoms with van der Waals surface area (Å²) in [5.41, 5.74) is -4.49. The van der Waals surface area contributed by atoms with Gasteiger partial charge in [-0.3, -0.25) is 9.69 Å². The lowest BCUT2D eigenvalue weighted by molar-refractivity contribution is -0.143. The minimum absolute atomic E-state index is 0.0372. The van der Waals surface area contributed by atoms with Gasteiger partial charge in [-0.25, -0.2) is 4.79 Å². The first-order valence-electron chi connectivity index (χ1n) is 12.6. The van der Waals surface area contributed by atoms with E-state index in [0.717, 1.165) is 10.5 Å². The molecule has 4 rings (SSSR count). The number of nitrogens with one attached hydrogen (secondary N) is 2. The molecule has 7 nitrogen and oxygen atoms in total. The Balaban J connectivity index is 1.57. The van der Waals surface area contributed by atoms with E-state index in [1.165, 1.54) is 14.0 Å². The number of nitrogens with zero attached hydrogens (tertiary/aromatic N) is 1. The fourth-order valence-electron chi connectivity index (χ4n) is 5.06. The van der Waals surface area contributed by atoms with Crippen LogP contribution in [0.1, 0.15) is 48.1 Å². The zero-order valence-electron chi connectivity index (χ0n) is 21.8. The Morgan fingerprint density at radius 3 is 2.12 bits per heavy atom. The van der Waals surface area contributed by atoms with E-state index < -0.39 is 52.6 Å². The van der Waals surface area contributed by atoms with Gasteiger partial charge in [0.15, 0.2) is 0 Å². The molecule has 0 aliphatic carbocycles. The molecular formula is C27H29F6N3O4. The third kappa shape index (κ3) is 5.96. The van der Waals surface area contributed by atoms with E-state index in [2.05, 4.69) is 10.6 Å². The Morgan fingerprint density at radius 2 is 1.60 bits per heavy atom. The zero-order valence-corrected chi connectivity index (χ0v) is 21.8. The van der Waals surface area contributed by atoms with E-state index in [9.17, 15) is 35.9 Å². The monoisotopic (exact) mass is 573 g/mol. The first-order chi connectivity index (χ1) is 18.7. The molecule has 2 aromatic rings. The van der Waals surface area contributed by atoms with Gasteiger partial charge in [0.05, 0.1) is 42.5 Å². The maximum Gasteiger partial charge on any atom is 0.416 e. The van der Waals surface area contributed by atoms with Gasteiger partial charge in [0, 0.05) is 13.7 Å². The van der Waals surface area contributed by atoms with Crippen LogP contribution in [0.5, 0.6) is 0 Å². The van der Waals surface area contributed by atoms with Gasteiger partial charge in [0.1, 0.15) is 5.54 Å². The molecule has 2 fully saturated rings. The molecule has 40 heavy (non-hydrogen) atoms. The molecule has 1 spiro atoms. The average molecular weight is 574 g/mol. The number of hydrogen-bond donors (Lipinski definition) is 2. The minimum Gasteiger partial charge on any atom is -0.383 e. The van der Waals surface area contributed by atoms with Crippen molar-refractivity contribution in [3.63, 3.8) is 0 Å². The highest BCUT2D eigenvalue weighted by Crippen LogP contribution is 2.40. The van der Waals surface area contributed by atoms with Crippen molar-refractivity contribution in [3.05, 3.63) is 70.8 Å². The van der Waals surface area contributed by atoms with Crippen LogP contribution in [-0.2, 0) is 32.2 Å². The standard InChI is InChI=1S/C27H29F6N3O4/c1-17(18-12-20(26(28,29)30)14-21(13-18)27(31,32)33)40-16-25(19-6-4-3-5-7-19)9-8-24(15-34-25)22(37)36(10-11-39-2)23(38)35-24/h3-7,12-14,17,34H,8-11,15-16H2,1-2H3,(H,35,38)/t17-,24+,25-/m1/s1. The number of methoxy groups -OCH3 is 1. The Kier molecular flexibility index (Phi) is 8.21. The van der Waals surface area contributed by atoms with E-state index in [-0.39, 0.29) is 50.8 Å². The van der Waals surface area contributed by atoms with Crippen molar-refractivity contribution < 1.29 is 45.4 Å². The van der Waals surface area contributed by atoms with Crippen molar-refractivity contribution in [3.8, 4) is 0 Å². The van der Waals surface area contributed by atoms with Crippen molar-refractivity contribution >= 4 is 11.9 Å². The number of ether oxygens (including phenoxy) is 2. The fourth-order valence-corrected chi connectivity index (χ4v) is 5.06. The second kappa shape index (κ2) is 11.0. The highest BCUT2D eigenvalue weighted by Gasteiger charge is 2.55. The minimum atomic E-state index is -4.98. The summed E-state index contributed by atoms with van der Waals surface area (Å²) in [5, 5.41) is 6.07. The molecule has 2 aliphatic heterocycles. The van der Waals surface area contributed by atoms with Gasteiger partial charge in [-0.15, -0.1) is 0 Å². The lowest BCUT2D eigenvalue weighted by Gasteiger charge is -2.45. The van der Waals surface area contributed by atoms with Crippen molar-refractivity contribution in [2.75, 3.05) is 33.4 Å². The van der Waals surface area contributed by atoms with Crippen LogP contribution in [0.4, 0.5) is 31.1 Å². The molecule has 2 aliphatic rings. The van der Waals surface area contributed by atoms with Crippen LogP contribution in [0.3, 0.4) is 0 Å². The van der Waals surface area contributed by atoms with Crippen LogP contribution >= 0.6 is 0 Å². The van der Waals surface area contributed by atoms with Crippen LogP contribution in [-0.4, -0.2) is 55.8 Å². The number of carbonyl (C=O) groups is 2. The average Bonchev–Trinajstić information content (AvgIpc) is 3.14. The first-order valence-corrected chi connectivity index (χ1v) is 12.6. The van der Waals surface area contributed by atoms with E-state index in [1.54, 1.807) is 18.2 Å². The summed E-state index contributed by atoms with van der Waals surface area (Å²) >= 11 is 0. The smallest absolute Gasteiger partial charge is 0.383 e. The highest BCUT2D eigenvalue weighted by atomic mass is 19.4. The summed E-state index contributed by atoms with van der Waals surface area (Å²) in [7, 11) is 1.45. The number of carbonyl (C=O) groups excluding carboxylic acids is 2. The lowest BCUT2D eigenvalue weighted by atomic mass is 9.76. The van der Waals surface area contributed by atoms with Gasteiger partial charge in [-0.2, -0.15) is 26.3 Å². The number of hydrogen-bond acceptors (Lipinski definition) is 5. The molecule has 0 bridgehead atoms. The molecule has 0 saturated carbocycles. The molecule has 2 N–H and O–H groups in total. The molecule has 0 aromatic heterocycles. The van der Waals surface area contributed by atoms with Crippen molar-refractivity contribution in [1.29, 1.82) is 0 Å². The maximum absolute atomic E-state index is 13.4. The number of imide groups is 1. The maximum atomic E-state index is 13.4. The number of halogens is 6. The van der Waals surface area contributed by atoms with Gasteiger partial charge in [0.25, 0.3) is 5.91 Å². The van der Waals surface area contributed by atoms with Crippen molar-refractivity contribution in [1.82, 2.24) is 15.5 Å². The summed E-state index contributed by atoms with van der Waals surface area (Å²) < 4.78 is 91.2. The van der Waals surface area contributed by atoms with Crippen molar-refractivity contribution in [2.45, 2.75) is 49.3 Å². The zero-order chi connectivity index (χ0) is 29.3. The van der Waals surface area contributed by atoms with Gasteiger partial charge in [-0.1, -0.05) is 30.3 Å². The Morgan fingerprint density at radius 1 is 0.975 bits per heavy atom. The van der Waals surface area contributed by atoms with Crippen LogP contribution in [0.15, 0.2) is 48.5 Å². The largest absolute Gasteiger partial charge is 0.416 e. The predicted molar refractivity (Wildman–Crippen MR) is 131 cm³/mol. The number of rotatable bonds is 8. The number of urea groups is 1. The number of piperidine rings is 1. The molecule has 2 aromatic carbocycles. The summed E-state index contributed by atoms with van der Waals surface area (Å²) in [6.45, 7) is 1.56. The molecule has 218 valence electrons. The van der Waals surface area contributed by atoms with Crippen LogP contribution < -0.4 is 10.6 Å². The third-order valence-corrected chi connectivity index (χ3v) is 7.46.